The Bertz CT molecular complexity index is 345. The van der Waals surface area contributed by atoms with Crippen molar-refractivity contribution in [3.63, 3.8) is 0 Å². The number of rotatable bonds is 5. The molecule has 0 amide bonds. The maximum absolute atomic E-state index is 5.76. The van der Waals surface area contributed by atoms with Crippen molar-refractivity contribution < 1.29 is 4.74 Å². The van der Waals surface area contributed by atoms with E-state index in [2.05, 4.69) is 52.1 Å². The molecule has 0 aliphatic rings. The molecule has 0 aliphatic heterocycles. The SMILES string of the molecule is Cc1cc(C)c(OCCNC(C)C)cc1C. The van der Waals surface area contributed by atoms with Crippen molar-refractivity contribution in [2.24, 2.45) is 0 Å². The number of hydrogen-bond donors (Lipinski definition) is 1. The van der Waals surface area contributed by atoms with Gasteiger partial charge in [-0.15, -0.1) is 0 Å². The highest BCUT2D eigenvalue weighted by Gasteiger charge is 2.02. The molecule has 0 unspecified atom stereocenters. The third-order valence-corrected chi connectivity index (χ3v) is 2.70. The number of ether oxygens (including phenoxy) is 1. The van der Waals surface area contributed by atoms with Gasteiger partial charge in [0.15, 0.2) is 0 Å². The standard InChI is InChI=1S/C14H23NO/c1-10(2)15-6-7-16-14-9-12(4)11(3)8-13(14)5/h8-10,15H,6-7H2,1-5H3. The molecule has 2 heteroatoms. The largest absolute Gasteiger partial charge is 0.492 e. The van der Waals surface area contributed by atoms with Crippen molar-refractivity contribution in [1.82, 2.24) is 5.32 Å². The molecular weight excluding hydrogens is 198 g/mol. The van der Waals surface area contributed by atoms with Crippen molar-refractivity contribution in [1.29, 1.82) is 0 Å². The molecule has 0 saturated heterocycles. The highest BCUT2D eigenvalue weighted by Crippen LogP contribution is 2.22. The highest BCUT2D eigenvalue weighted by atomic mass is 16.5. The first-order chi connectivity index (χ1) is 7.50. The van der Waals surface area contributed by atoms with E-state index in [9.17, 15) is 0 Å². The van der Waals surface area contributed by atoms with Crippen LogP contribution in [0, 0.1) is 20.8 Å². The van der Waals surface area contributed by atoms with Gasteiger partial charge in [-0.1, -0.05) is 19.9 Å². The van der Waals surface area contributed by atoms with Crippen molar-refractivity contribution in [2.45, 2.75) is 40.7 Å². The van der Waals surface area contributed by atoms with E-state index >= 15 is 0 Å². The minimum Gasteiger partial charge on any atom is -0.492 e. The molecule has 1 N–H and O–H groups in total. The lowest BCUT2D eigenvalue weighted by Gasteiger charge is -2.13. The van der Waals surface area contributed by atoms with Crippen molar-refractivity contribution >= 4 is 0 Å². The molecule has 0 atom stereocenters. The smallest absolute Gasteiger partial charge is 0.122 e. The van der Waals surface area contributed by atoms with Crippen LogP contribution in [0.5, 0.6) is 5.75 Å². The van der Waals surface area contributed by atoms with Gasteiger partial charge in [-0.3, -0.25) is 0 Å². The minimum atomic E-state index is 0.518. The van der Waals surface area contributed by atoms with Crippen LogP contribution in [0.3, 0.4) is 0 Å². The first kappa shape index (κ1) is 13.0. The molecule has 0 radical (unpaired) electrons. The van der Waals surface area contributed by atoms with E-state index in [-0.39, 0.29) is 0 Å². The Morgan fingerprint density at radius 1 is 1.06 bits per heavy atom. The van der Waals surface area contributed by atoms with Crippen LogP contribution in [0.2, 0.25) is 0 Å². The number of aryl methyl sites for hydroxylation is 3. The maximum atomic E-state index is 5.76. The lowest BCUT2D eigenvalue weighted by molar-refractivity contribution is 0.307. The molecule has 1 aromatic rings. The molecule has 1 aromatic carbocycles. The highest BCUT2D eigenvalue weighted by molar-refractivity contribution is 5.40. The number of benzene rings is 1. The van der Waals surface area contributed by atoms with E-state index in [1.807, 2.05) is 0 Å². The van der Waals surface area contributed by atoms with Gasteiger partial charge >= 0.3 is 0 Å². The van der Waals surface area contributed by atoms with Gasteiger partial charge in [0.25, 0.3) is 0 Å². The molecule has 0 bridgehead atoms. The van der Waals surface area contributed by atoms with E-state index < -0.39 is 0 Å². The van der Waals surface area contributed by atoms with Gasteiger partial charge in [0.1, 0.15) is 12.4 Å². The van der Waals surface area contributed by atoms with Crippen LogP contribution in [0.1, 0.15) is 30.5 Å². The second-order valence-corrected chi connectivity index (χ2v) is 4.66. The van der Waals surface area contributed by atoms with E-state index in [1.165, 1.54) is 16.7 Å². The molecule has 2 nitrogen and oxygen atoms in total. The quantitative estimate of drug-likeness (QED) is 0.772. The second kappa shape index (κ2) is 5.90. The summed E-state index contributed by atoms with van der Waals surface area (Å²) in [5, 5.41) is 3.34. The van der Waals surface area contributed by atoms with Gasteiger partial charge in [-0.2, -0.15) is 0 Å². The molecule has 0 fully saturated rings. The number of hydrogen-bond acceptors (Lipinski definition) is 2. The van der Waals surface area contributed by atoms with E-state index in [0.29, 0.717) is 6.04 Å². The van der Waals surface area contributed by atoms with Crippen LogP contribution in [0.15, 0.2) is 12.1 Å². The molecule has 0 aliphatic carbocycles. The Kier molecular flexibility index (Phi) is 4.81. The van der Waals surface area contributed by atoms with Gasteiger partial charge in [-0.05, 0) is 43.5 Å². The molecule has 0 heterocycles. The molecule has 1 rings (SSSR count). The van der Waals surface area contributed by atoms with Crippen LogP contribution in [-0.4, -0.2) is 19.2 Å². The predicted molar refractivity (Wildman–Crippen MR) is 69.3 cm³/mol. The van der Waals surface area contributed by atoms with Crippen LogP contribution in [0.25, 0.3) is 0 Å². The fraction of sp³-hybridized carbons (Fsp3) is 0.571. The summed E-state index contributed by atoms with van der Waals surface area (Å²) in [5.74, 6) is 1.01. The van der Waals surface area contributed by atoms with Gasteiger partial charge in [-0.25, -0.2) is 0 Å². The van der Waals surface area contributed by atoms with Gasteiger partial charge < -0.3 is 10.1 Å². The summed E-state index contributed by atoms with van der Waals surface area (Å²) in [6, 6.07) is 4.82. The average Bonchev–Trinajstić information content (AvgIpc) is 2.19. The van der Waals surface area contributed by atoms with Crippen LogP contribution >= 0.6 is 0 Å². The zero-order valence-corrected chi connectivity index (χ0v) is 11.1. The zero-order chi connectivity index (χ0) is 12.1. The summed E-state index contributed by atoms with van der Waals surface area (Å²) >= 11 is 0. The van der Waals surface area contributed by atoms with Crippen molar-refractivity contribution in [3.8, 4) is 5.75 Å². The zero-order valence-electron chi connectivity index (χ0n) is 11.1. The second-order valence-electron chi connectivity index (χ2n) is 4.66. The molecule has 0 spiro atoms. The van der Waals surface area contributed by atoms with Gasteiger partial charge in [0.2, 0.25) is 0 Å². The Hall–Kier alpha value is -1.02. The third-order valence-electron chi connectivity index (χ3n) is 2.70. The predicted octanol–water partition coefficient (Wildman–Crippen LogP) is 2.99. The maximum Gasteiger partial charge on any atom is 0.122 e. The Morgan fingerprint density at radius 3 is 2.31 bits per heavy atom. The lowest BCUT2D eigenvalue weighted by Crippen LogP contribution is -2.27. The molecule has 90 valence electrons. The Balaban J connectivity index is 2.51. The first-order valence-electron chi connectivity index (χ1n) is 5.94. The summed E-state index contributed by atoms with van der Waals surface area (Å²) in [6.07, 6.45) is 0. The summed E-state index contributed by atoms with van der Waals surface area (Å²) in [7, 11) is 0. The average molecular weight is 221 g/mol. The summed E-state index contributed by atoms with van der Waals surface area (Å²) in [4.78, 5) is 0. The molecule has 16 heavy (non-hydrogen) atoms. The van der Waals surface area contributed by atoms with Crippen molar-refractivity contribution in [3.05, 3.63) is 28.8 Å². The van der Waals surface area contributed by atoms with Crippen molar-refractivity contribution in [2.75, 3.05) is 13.2 Å². The Morgan fingerprint density at radius 2 is 1.69 bits per heavy atom. The van der Waals surface area contributed by atoms with E-state index in [4.69, 9.17) is 4.74 Å². The monoisotopic (exact) mass is 221 g/mol. The third kappa shape index (κ3) is 3.86. The summed E-state index contributed by atoms with van der Waals surface area (Å²) in [5.41, 5.74) is 3.83. The molecule has 0 aromatic heterocycles. The number of nitrogens with one attached hydrogen (secondary N) is 1. The fourth-order valence-corrected chi connectivity index (χ4v) is 1.60. The summed E-state index contributed by atoms with van der Waals surface area (Å²) in [6.45, 7) is 12.2. The van der Waals surface area contributed by atoms with Crippen LogP contribution < -0.4 is 10.1 Å². The van der Waals surface area contributed by atoms with Crippen LogP contribution in [0.4, 0.5) is 0 Å². The topological polar surface area (TPSA) is 21.3 Å². The fourth-order valence-electron chi connectivity index (χ4n) is 1.60. The van der Waals surface area contributed by atoms with E-state index in [0.717, 1.165) is 18.9 Å². The Labute approximate surface area is 99.0 Å². The summed E-state index contributed by atoms with van der Waals surface area (Å²) < 4.78 is 5.76. The lowest BCUT2D eigenvalue weighted by atomic mass is 10.1. The van der Waals surface area contributed by atoms with E-state index in [1.54, 1.807) is 0 Å². The van der Waals surface area contributed by atoms with Crippen LogP contribution in [-0.2, 0) is 0 Å². The normalized spacial score (nSPS) is 10.9. The first-order valence-corrected chi connectivity index (χ1v) is 5.94. The van der Waals surface area contributed by atoms with Gasteiger partial charge in [0.05, 0.1) is 0 Å². The molecule has 0 saturated carbocycles. The molecular formula is C14H23NO. The van der Waals surface area contributed by atoms with Gasteiger partial charge in [0, 0.05) is 12.6 Å². The minimum absolute atomic E-state index is 0.518.